The molecule has 0 aliphatic heterocycles. The van der Waals surface area contributed by atoms with Crippen LogP contribution < -0.4 is 0 Å². The standard InChI is InChI=1S/C21H17N7S/c1-29-20-13-16(28-19(23-20)10-11-22-28)12-14-6-8-15(9-7-14)17-4-2-3-5-18(17)21-24-26-27-25-21/h2-11,13H,12H2,1H3,(H,24,25,26,27). The molecule has 3 heterocycles. The van der Waals surface area contributed by atoms with Gasteiger partial charge in [-0.2, -0.15) is 10.3 Å². The van der Waals surface area contributed by atoms with Crippen LogP contribution in [0.5, 0.6) is 0 Å². The first-order valence-electron chi connectivity index (χ1n) is 9.11. The Kier molecular flexibility index (Phi) is 4.53. The van der Waals surface area contributed by atoms with Gasteiger partial charge in [0.2, 0.25) is 5.82 Å². The van der Waals surface area contributed by atoms with Crippen molar-refractivity contribution in [1.82, 2.24) is 35.2 Å². The van der Waals surface area contributed by atoms with E-state index in [4.69, 9.17) is 0 Å². The van der Waals surface area contributed by atoms with Crippen LogP contribution in [0.2, 0.25) is 0 Å². The minimum absolute atomic E-state index is 0.590. The summed E-state index contributed by atoms with van der Waals surface area (Å²) in [7, 11) is 0. The van der Waals surface area contributed by atoms with Crippen molar-refractivity contribution in [2.75, 3.05) is 6.26 Å². The van der Waals surface area contributed by atoms with Gasteiger partial charge in [0, 0.05) is 18.1 Å². The van der Waals surface area contributed by atoms with E-state index < -0.39 is 0 Å². The number of tetrazole rings is 1. The molecule has 29 heavy (non-hydrogen) atoms. The minimum atomic E-state index is 0.590. The maximum absolute atomic E-state index is 4.59. The van der Waals surface area contributed by atoms with Gasteiger partial charge in [-0.25, -0.2) is 9.50 Å². The van der Waals surface area contributed by atoms with Crippen LogP contribution >= 0.6 is 11.8 Å². The molecule has 0 fully saturated rings. The summed E-state index contributed by atoms with van der Waals surface area (Å²) in [4.78, 5) is 4.59. The molecule has 5 aromatic rings. The molecule has 0 aliphatic carbocycles. The quantitative estimate of drug-likeness (QED) is 0.356. The van der Waals surface area contributed by atoms with E-state index in [9.17, 15) is 0 Å². The van der Waals surface area contributed by atoms with Crippen LogP contribution in [0.25, 0.3) is 28.2 Å². The van der Waals surface area contributed by atoms with E-state index in [2.05, 4.69) is 67.1 Å². The van der Waals surface area contributed by atoms with E-state index >= 15 is 0 Å². The smallest absolute Gasteiger partial charge is 0.205 e. The molecule has 0 saturated carbocycles. The summed E-state index contributed by atoms with van der Waals surface area (Å²) >= 11 is 1.64. The number of aromatic amines is 1. The van der Waals surface area contributed by atoms with Gasteiger partial charge in [0.05, 0.1) is 11.9 Å². The summed E-state index contributed by atoms with van der Waals surface area (Å²) in [5, 5.41) is 19.9. The summed E-state index contributed by atoms with van der Waals surface area (Å²) in [6.07, 6.45) is 4.60. The normalized spacial score (nSPS) is 11.2. The zero-order valence-electron chi connectivity index (χ0n) is 15.6. The number of benzene rings is 2. The zero-order chi connectivity index (χ0) is 19.6. The third-order valence-electron chi connectivity index (χ3n) is 4.78. The Bertz CT molecular complexity index is 1260. The topological polar surface area (TPSA) is 84.7 Å². The van der Waals surface area contributed by atoms with Gasteiger partial charge in [-0.1, -0.05) is 48.5 Å². The number of nitrogens with one attached hydrogen (secondary N) is 1. The molecule has 8 heteroatoms. The van der Waals surface area contributed by atoms with E-state index in [-0.39, 0.29) is 0 Å². The van der Waals surface area contributed by atoms with E-state index in [1.54, 1.807) is 18.0 Å². The molecule has 0 amide bonds. The summed E-state index contributed by atoms with van der Waals surface area (Å²) in [5.74, 6) is 0.590. The Labute approximate surface area is 171 Å². The summed E-state index contributed by atoms with van der Waals surface area (Å²) < 4.78 is 1.90. The maximum atomic E-state index is 4.59. The van der Waals surface area contributed by atoms with Crippen molar-refractivity contribution in [3.05, 3.63) is 78.1 Å². The molecule has 2 aromatic carbocycles. The van der Waals surface area contributed by atoms with Gasteiger partial charge in [0.15, 0.2) is 5.65 Å². The zero-order valence-corrected chi connectivity index (χ0v) is 16.5. The van der Waals surface area contributed by atoms with E-state index in [0.717, 1.165) is 39.5 Å². The SMILES string of the molecule is CSc1cc(Cc2ccc(-c3ccccc3-c3nn[nH]n3)cc2)n2nccc2n1. The Morgan fingerprint density at radius 3 is 2.59 bits per heavy atom. The van der Waals surface area contributed by atoms with Gasteiger partial charge < -0.3 is 0 Å². The molecule has 0 aliphatic rings. The van der Waals surface area contributed by atoms with Gasteiger partial charge in [0.1, 0.15) is 5.03 Å². The predicted octanol–water partition coefficient (Wildman–Crippen LogP) is 3.89. The van der Waals surface area contributed by atoms with E-state index in [1.165, 1.54) is 5.56 Å². The molecular formula is C21H17N7S. The highest BCUT2D eigenvalue weighted by molar-refractivity contribution is 7.98. The van der Waals surface area contributed by atoms with Gasteiger partial charge in [0.25, 0.3) is 0 Å². The summed E-state index contributed by atoms with van der Waals surface area (Å²) in [5.41, 5.74) is 6.33. The van der Waals surface area contributed by atoms with Crippen LogP contribution in [0.1, 0.15) is 11.3 Å². The monoisotopic (exact) mass is 399 g/mol. The fourth-order valence-corrected chi connectivity index (χ4v) is 3.84. The second kappa shape index (κ2) is 7.48. The van der Waals surface area contributed by atoms with Crippen LogP contribution in [-0.2, 0) is 6.42 Å². The average Bonchev–Trinajstić information content (AvgIpc) is 3.46. The average molecular weight is 399 g/mol. The second-order valence-corrected chi connectivity index (χ2v) is 7.37. The number of fused-ring (bicyclic) bond motifs is 1. The number of hydrogen-bond donors (Lipinski definition) is 1. The third kappa shape index (κ3) is 3.38. The largest absolute Gasteiger partial charge is 0.222 e. The second-order valence-electron chi connectivity index (χ2n) is 6.55. The lowest BCUT2D eigenvalue weighted by Crippen LogP contribution is -2.02. The molecule has 7 nitrogen and oxygen atoms in total. The first-order chi connectivity index (χ1) is 14.3. The highest BCUT2D eigenvalue weighted by Gasteiger charge is 2.11. The maximum Gasteiger partial charge on any atom is 0.205 e. The highest BCUT2D eigenvalue weighted by atomic mass is 32.2. The van der Waals surface area contributed by atoms with E-state index in [1.807, 2.05) is 35.0 Å². The third-order valence-corrected chi connectivity index (χ3v) is 5.41. The molecule has 142 valence electrons. The van der Waals surface area contributed by atoms with Crippen LogP contribution in [0.3, 0.4) is 0 Å². The van der Waals surface area contributed by atoms with Gasteiger partial charge in [-0.05, 0) is 34.2 Å². The fourth-order valence-electron chi connectivity index (χ4n) is 3.40. The van der Waals surface area contributed by atoms with Crippen molar-refractivity contribution < 1.29 is 0 Å². The number of rotatable bonds is 5. The lowest BCUT2D eigenvalue weighted by Gasteiger charge is -2.10. The minimum Gasteiger partial charge on any atom is -0.222 e. The molecular weight excluding hydrogens is 382 g/mol. The van der Waals surface area contributed by atoms with Gasteiger partial charge >= 0.3 is 0 Å². The molecule has 3 aromatic heterocycles. The molecule has 0 bridgehead atoms. The molecule has 0 unspecified atom stereocenters. The van der Waals surface area contributed by atoms with Crippen LogP contribution in [-0.4, -0.2) is 41.5 Å². The lowest BCUT2D eigenvalue weighted by atomic mass is 9.97. The van der Waals surface area contributed by atoms with Crippen molar-refractivity contribution >= 4 is 17.4 Å². The van der Waals surface area contributed by atoms with Gasteiger partial charge in [-0.3, -0.25) is 0 Å². The van der Waals surface area contributed by atoms with Crippen LogP contribution in [0.15, 0.2) is 71.9 Å². The molecule has 1 N–H and O–H groups in total. The Balaban J connectivity index is 1.48. The van der Waals surface area contributed by atoms with Crippen molar-refractivity contribution in [2.45, 2.75) is 11.4 Å². The number of thioether (sulfide) groups is 1. The predicted molar refractivity (Wildman–Crippen MR) is 113 cm³/mol. The lowest BCUT2D eigenvalue weighted by molar-refractivity contribution is 0.843. The fraction of sp³-hybridized carbons (Fsp3) is 0.0952. The van der Waals surface area contributed by atoms with Crippen LogP contribution in [0.4, 0.5) is 0 Å². The molecule has 0 saturated heterocycles. The van der Waals surface area contributed by atoms with Crippen molar-refractivity contribution in [3.63, 3.8) is 0 Å². The van der Waals surface area contributed by atoms with Crippen molar-refractivity contribution in [2.24, 2.45) is 0 Å². The molecule has 0 atom stereocenters. The summed E-state index contributed by atoms with van der Waals surface area (Å²) in [6, 6.07) is 20.7. The Morgan fingerprint density at radius 2 is 1.83 bits per heavy atom. The van der Waals surface area contributed by atoms with Crippen LogP contribution in [0, 0.1) is 0 Å². The number of H-pyrrole nitrogens is 1. The Hall–Kier alpha value is -3.52. The van der Waals surface area contributed by atoms with Gasteiger partial charge in [-0.15, -0.1) is 22.0 Å². The summed E-state index contributed by atoms with van der Waals surface area (Å²) in [6.45, 7) is 0. The molecule has 0 spiro atoms. The Morgan fingerprint density at radius 1 is 1.00 bits per heavy atom. The number of aromatic nitrogens is 7. The first kappa shape index (κ1) is 17.6. The van der Waals surface area contributed by atoms with Crippen molar-refractivity contribution in [1.29, 1.82) is 0 Å². The number of hydrogen-bond acceptors (Lipinski definition) is 6. The number of nitrogens with zero attached hydrogens (tertiary/aromatic N) is 6. The van der Waals surface area contributed by atoms with E-state index in [0.29, 0.717) is 5.82 Å². The first-order valence-corrected chi connectivity index (χ1v) is 10.3. The van der Waals surface area contributed by atoms with Crippen molar-refractivity contribution in [3.8, 4) is 22.5 Å². The molecule has 5 rings (SSSR count). The highest BCUT2D eigenvalue weighted by Crippen LogP contribution is 2.30. The molecule has 0 radical (unpaired) electrons.